The van der Waals surface area contributed by atoms with Crippen LogP contribution >= 0.6 is 23.2 Å². The van der Waals surface area contributed by atoms with Crippen LogP contribution in [0.3, 0.4) is 0 Å². The normalized spacial score (nSPS) is 15.2. The van der Waals surface area contributed by atoms with Gasteiger partial charge >= 0.3 is 5.97 Å². The maximum atomic E-state index is 14.6. The third kappa shape index (κ3) is 9.07. The molecule has 0 saturated carbocycles. The summed E-state index contributed by atoms with van der Waals surface area (Å²) in [7, 11) is 0. The topological polar surface area (TPSA) is 114 Å². The Morgan fingerprint density at radius 2 is 1.51 bits per heavy atom. The fourth-order valence-electron chi connectivity index (χ4n) is 5.58. The van der Waals surface area contributed by atoms with Gasteiger partial charge in [-0.25, -0.2) is 14.8 Å². The number of hydrogen-bond donors (Lipinski definition) is 0. The molecule has 12 heteroatoms. The van der Waals surface area contributed by atoms with Gasteiger partial charge in [-0.05, 0) is 61.2 Å². The lowest BCUT2D eigenvalue weighted by Crippen LogP contribution is -2.64. The van der Waals surface area contributed by atoms with Crippen LogP contribution in [0.25, 0.3) is 5.70 Å². The van der Waals surface area contributed by atoms with Gasteiger partial charge in [0.05, 0.1) is 11.8 Å². The Morgan fingerprint density at radius 1 is 0.857 bits per heavy atom. The number of hydrogen-bond acceptors (Lipinski definition) is 7. The third-order valence-corrected chi connectivity index (χ3v) is 8.09. The molecule has 0 saturated heterocycles. The lowest BCUT2D eigenvalue weighted by molar-refractivity contribution is -0.172. The molecule has 3 amide bonds. The average Bonchev–Trinajstić information content (AvgIpc) is 3.03. The van der Waals surface area contributed by atoms with Gasteiger partial charge in [0.25, 0.3) is 11.7 Å². The molecule has 4 rings (SSSR count). The van der Waals surface area contributed by atoms with E-state index in [2.05, 4.69) is 0 Å². The molecule has 3 aromatic rings. The second-order valence-electron chi connectivity index (χ2n) is 12.3. The van der Waals surface area contributed by atoms with E-state index in [9.17, 15) is 24.0 Å². The monoisotopic (exact) mass is 707 g/mol. The summed E-state index contributed by atoms with van der Waals surface area (Å²) in [6, 6.07) is 18.1. The molecule has 1 aliphatic rings. The summed E-state index contributed by atoms with van der Waals surface area (Å²) in [6.45, 7) is 9.43. The van der Waals surface area contributed by atoms with Crippen molar-refractivity contribution in [3.8, 4) is 5.75 Å². The molecule has 1 heterocycles. The zero-order valence-electron chi connectivity index (χ0n) is 28.2. The van der Waals surface area contributed by atoms with Gasteiger partial charge in [0, 0.05) is 42.1 Å². The molecule has 0 N–H and O–H groups in total. The lowest BCUT2D eigenvalue weighted by Gasteiger charge is -2.46. The Hall–Kier alpha value is -4.67. The number of halogens is 2. The van der Waals surface area contributed by atoms with Gasteiger partial charge in [0.2, 0.25) is 11.8 Å². The molecular weight excluding hydrogens is 669 g/mol. The van der Waals surface area contributed by atoms with Crippen LogP contribution in [0.2, 0.25) is 10.0 Å². The van der Waals surface area contributed by atoms with Crippen molar-refractivity contribution >= 4 is 58.4 Å². The molecule has 0 radical (unpaired) electrons. The number of Topliss-reactive ketones (excluding diaryl/α,β-unsaturated/α-hetero) is 1. The van der Waals surface area contributed by atoms with Crippen molar-refractivity contribution in [2.45, 2.75) is 72.8 Å². The number of benzene rings is 3. The zero-order chi connectivity index (χ0) is 36.0. The summed E-state index contributed by atoms with van der Waals surface area (Å²) >= 11 is 12.3. The average molecular weight is 709 g/mol. The van der Waals surface area contributed by atoms with Gasteiger partial charge in [-0.15, -0.1) is 0 Å². The number of hydrazine groups is 1. The molecule has 0 bridgehead atoms. The van der Waals surface area contributed by atoms with E-state index in [0.717, 1.165) is 15.6 Å². The van der Waals surface area contributed by atoms with Crippen molar-refractivity contribution < 1.29 is 33.4 Å². The van der Waals surface area contributed by atoms with E-state index in [1.165, 1.54) is 24.9 Å². The standard InChI is InChI=1S/C37H39Cl2N3O7/c1-22(2)34-36(46)42(41(25(6)44)32(17-26-11-8-7-9-12-26)35(45)37(47)49-23(3)4)33(20-40(34)24(5)43)28-13-10-14-31(18-28)48-21-27-15-29(38)19-30(39)16-27/h7-16,18-20,22-23,32,34H,17,21H2,1-6H3/t32-,34+/m0/s1. The predicted molar refractivity (Wildman–Crippen MR) is 186 cm³/mol. The number of carbonyl (C=O) groups is 5. The van der Waals surface area contributed by atoms with Crippen LogP contribution in [0.15, 0.2) is 79.0 Å². The molecule has 0 aromatic heterocycles. The molecule has 49 heavy (non-hydrogen) atoms. The molecule has 3 aromatic carbocycles. The van der Waals surface area contributed by atoms with Crippen molar-refractivity contribution in [3.05, 3.63) is 106 Å². The minimum atomic E-state index is -1.47. The molecule has 258 valence electrons. The summed E-state index contributed by atoms with van der Waals surface area (Å²) in [4.78, 5) is 69.6. The quantitative estimate of drug-likeness (QED) is 0.156. The first kappa shape index (κ1) is 37.2. The fraction of sp³-hybridized carbons (Fsp3) is 0.324. The van der Waals surface area contributed by atoms with Crippen LogP contribution in [0.5, 0.6) is 5.75 Å². The first-order valence-electron chi connectivity index (χ1n) is 15.8. The highest BCUT2D eigenvalue weighted by atomic mass is 35.5. The fourth-order valence-corrected chi connectivity index (χ4v) is 6.15. The number of carbonyl (C=O) groups excluding carboxylic acids is 5. The van der Waals surface area contributed by atoms with E-state index < -0.39 is 47.7 Å². The molecule has 10 nitrogen and oxygen atoms in total. The summed E-state index contributed by atoms with van der Waals surface area (Å²) in [5.41, 5.74) is 1.87. The van der Waals surface area contributed by atoms with Crippen molar-refractivity contribution in [2.24, 2.45) is 5.92 Å². The van der Waals surface area contributed by atoms with Crippen molar-refractivity contribution in [2.75, 3.05) is 0 Å². The van der Waals surface area contributed by atoms with Gasteiger partial charge in [0.1, 0.15) is 24.4 Å². The van der Waals surface area contributed by atoms with Gasteiger partial charge in [0.15, 0.2) is 0 Å². The van der Waals surface area contributed by atoms with E-state index in [0.29, 0.717) is 26.9 Å². The van der Waals surface area contributed by atoms with Gasteiger partial charge < -0.3 is 14.4 Å². The molecule has 0 spiro atoms. The molecule has 2 atom stereocenters. The molecule has 0 unspecified atom stereocenters. The van der Waals surface area contributed by atoms with E-state index in [1.54, 1.807) is 100 Å². The minimum Gasteiger partial charge on any atom is -0.489 e. The smallest absolute Gasteiger partial charge is 0.377 e. The van der Waals surface area contributed by atoms with E-state index in [1.807, 2.05) is 0 Å². The third-order valence-electron chi connectivity index (χ3n) is 7.66. The number of esters is 1. The maximum absolute atomic E-state index is 14.6. The molecule has 0 fully saturated rings. The second-order valence-corrected chi connectivity index (χ2v) is 13.1. The number of ketones is 1. The highest BCUT2D eigenvalue weighted by Gasteiger charge is 2.47. The zero-order valence-corrected chi connectivity index (χ0v) is 29.7. The number of amides is 3. The predicted octanol–water partition coefficient (Wildman–Crippen LogP) is 6.48. The van der Waals surface area contributed by atoms with Crippen LogP contribution in [-0.4, -0.2) is 62.6 Å². The molecule has 1 aliphatic heterocycles. The van der Waals surface area contributed by atoms with Crippen LogP contribution in [0.1, 0.15) is 58.2 Å². The van der Waals surface area contributed by atoms with E-state index in [-0.39, 0.29) is 24.6 Å². The van der Waals surface area contributed by atoms with Crippen molar-refractivity contribution in [1.29, 1.82) is 0 Å². The Labute approximate surface area is 296 Å². The van der Waals surface area contributed by atoms with Gasteiger partial charge in [-0.2, -0.15) is 0 Å². The first-order chi connectivity index (χ1) is 23.2. The lowest BCUT2D eigenvalue weighted by atomic mass is 9.97. The van der Waals surface area contributed by atoms with E-state index in [4.69, 9.17) is 32.7 Å². The number of rotatable bonds is 12. The van der Waals surface area contributed by atoms with Crippen molar-refractivity contribution in [1.82, 2.24) is 14.9 Å². The largest absolute Gasteiger partial charge is 0.489 e. The highest BCUT2D eigenvalue weighted by Crippen LogP contribution is 2.35. The Kier molecular flexibility index (Phi) is 12.2. The minimum absolute atomic E-state index is 0.0996. The van der Waals surface area contributed by atoms with Crippen LogP contribution in [-0.2, 0) is 41.7 Å². The summed E-state index contributed by atoms with van der Waals surface area (Å²) in [6.07, 6.45) is 0.778. The van der Waals surface area contributed by atoms with Gasteiger partial charge in [-0.3, -0.25) is 19.2 Å². The summed E-state index contributed by atoms with van der Waals surface area (Å²) in [5.74, 6) is -3.86. The summed E-state index contributed by atoms with van der Waals surface area (Å²) in [5, 5.41) is 3.01. The van der Waals surface area contributed by atoms with Crippen LogP contribution < -0.4 is 4.74 Å². The van der Waals surface area contributed by atoms with Gasteiger partial charge in [-0.1, -0.05) is 79.5 Å². The second kappa shape index (κ2) is 16.2. The van der Waals surface area contributed by atoms with Crippen molar-refractivity contribution in [3.63, 3.8) is 0 Å². The Balaban J connectivity index is 1.87. The maximum Gasteiger partial charge on any atom is 0.377 e. The first-order valence-corrected chi connectivity index (χ1v) is 16.5. The SMILES string of the molecule is CC(=O)N1C=C(c2cccc(OCc3cc(Cl)cc(Cl)c3)c2)N(N(C(C)=O)[C@@H](Cc2ccccc2)C(=O)C(=O)OC(C)C)C(=O)[C@H]1C(C)C. The van der Waals surface area contributed by atoms with E-state index >= 15 is 0 Å². The number of nitrogens with zero attached hydrogens (tertiary/aromatic N) is 3. The van der Waals surface area contributed by atoms with Crippen LogP contribution in [0, 0.1) is 5.92 Å². The highest BCUT2D eigenvalue weighted by molar-refractivity contribution is 6.36. The molecule has 0 aliphatic carbocycles. The van der Waals surface area contributed by atoms with Crippen LogP contribution in [0.4, 0.5) is 0 Å². The summed E-state index contributed by atoms with van der Waals surface area (Å²) < 4.78 is 11.3. The number of ether oxygens (including phenoxy) is 2. The molecular formula is C37H39Cl2N3O7. The Morgan fingerprint density at radius 3 is 2.08 bits per heavy atom. The Bertz CT molecular complexity index is 1740.